The van der Waals surface area contributed by atoms with E-state index in [-0.39, 0.29) is 5.91 Å². The fourth-order valence-corrected chi connectivity index (χ4v) is 4.53. The average Bonchev–Trinajstić information content (AvgIpc) is 3.21. The Morgan fingerprint density at radius 2 is 1.93 bits per heavy atom. The van der Waals surface area contributed by atoms with Crippen LogP contribution in [0.1, 0.15) is 38.2 Å². The SMILES string of the molecule is CCOc1ccc(NC(=O)C2(c3ccccc3Cl)CCCC2)c2cccnc12. The van der Waals surface area contributed by atoms with Gasteiger partial charge < -0.3 is 10.1 Å². The van der Waals surface area contributed by atoms with Crippen LogP contribution in [0.5, 0.6) is 5.75 Å². The molecule has 1 aliphatic rings. The Balaban J connectivity index is 1.73. The van der Waals surface area contributed by atoms with Crippen LogP contribution in [0, 0.1) is 0 Å². The van der Waals surface area contributed by atoms with Crippen molar-refractivity contribution >= 4 is 34.1 Å². The van der Waals surface area contributed by atoms with E-state index in [1.807, 2.05) is 55.5 Å². The van der Waals surface area contributed by atoms with Gasteiger partial charge in [-0.3, -0.25) is 9.78 Å². The molecule has 0 saturated heterocycles. The van der Waals surface area contributed by atoms with Crippen molar-refractivity contribution < 1.29 is 9.53 Å². The molecule has 1 aliphatic carbocycles. The number of rotatable bonds is 5. The van der Waals surface area contributed by atoms with E-state index in [0.717, 1.165) is 53.6 Å². The Bertz CT molecular complexity index is 1010. The molecule has 1 saturated carbocycles. The number of anilines is 1. The monoisotopic (exact) mass is 394 g/mol. The van der Waals surface area contributed by atoms with E-state index in [0.29, 0.717) is 11.6 Å². The second-order valence-electron chi connectivity index (χ2n) is 7.17. The molecule has 2 aromatic carbocycles. The summed E-state index contributed by atoms with van der Waals surface area (Å²) in [4.78, 5) is 18.0. The summed E-state index contributed by atoms with van der Waals surface area (Å²) in [6.45, 7) is 2.50. The lowest BCUT2D eigenvalue weighted by Crippen LogP contribution is -2.38. The number of pyridine rings is 1. The minimum atomic E-state index is -0.592. The van der Waals surface area contributed by atoms with Gasteiger partial charge in [0.25, 0.3) is 0 Å². The zero-order chi connectivity index (χ0) is 19.6. The molecule has 0 bridgehead atoms. The zero-order valence-electron chi connectivity index (χ0n) is 15.9. The quantitative estimate of drug-likeness (QED) is 0.600. The van der Waals surface area contributed by atoms with Crippen molar-refractivity contribution in [3.05, 3.63) is 65.3 Å². The van der Waals surface area contributed by atoms with Gasteiger partial charge in [-0.25, -0.2) is 0 Å². The molecule has 1 fully saturated rings. The van der Waals surface area contributed by atoms with Gasteiger partial charge in [0.05, 0.1) is 17.7 Å². The number of fused-ring (bicyclic) bond motifs is 1. The highest BCUT2D eigenvalue weighted by atomic mass is 35.5. The van der Waals surface area contributed by atoms with Crippen LogP contribution in [0.25, 0.3) is 10.9 Å². The summed E-state index contributed by atoms with van der Waals surface area (Å²) in [5.41, 5.74) is 1.82. The second kappa shape index (κ2) is 7.80. The van der Waals surface area contributed by atoms with Crippen molar-refractivity contribution in [1.29, 1.82) is 0 Å². The highest BCUT2D eigenvalue weighted by molar-refractivity contribution is 6.32. The molecule has 0 unspecified atom stereocenters. The lowest BCUT2D eigenvalue weighted by atomic mass is 9.78. The van der Waals surface area contributed by atoms with Gasteiger partial charge in [-0.2, -0.15) is 0 Å². The molecule has 5 heteroatoms. The molecule has 0 spiro atoms. The first-order chi connectivity index (χ1) is 13.7. The number of amides is 1. The van der Waals surface area contributed by atoms with Gasteiger partial charge in [-0.15, -0.1) is 0 Å². The predicted molar refractivity (Wildman–Crippen MR) is 113 cm³/mol. The zero-order valence-corrected chi connectivity index (χ0v) is 16.6. The highest BCUT2D eigenvalue weighted by Crippen LogP contribution is 2.45. The van der Waals surface area contributed by atoms with Gasteiger partial charge in [0.1, 0.15) is 11.3 Å². The van der Waals surface area contributed by atoms with Gasteiger partial charge in [0.2, 0.25) is 5.91 Å². The van der Waals surface area contributed by atoms with Crippen LogP contribution in [-0.2, 0) is 10.2 Å². The molecule has 28 heavy (non-hydrogen) atoms. The number of nitrogens with zero attached hydrogens (tertiary/aromatic N) is 1. The maximum atomic E-state index is 13.5. The maximum Gasteiger partial charge on any atom is 0.235 e. The van der Waals surface area contributed by atoms with Gasteiger partial charge >= 0.3 is 0 Å². The van der Waals surface area contributed by atoms with Gasteiger partial charge in [0, 0.05) is 16.6 Å². The third-order valence-corrected chi connectivity index (χ3v) is 5.89. The van der Waals surface area contributed by atoms with Crippen LogP contribution in [0.3, 0.4) is 0 Å². The van der Waals surface area contributed by atoms with Crippen molar-refractivity contribution in [1.82, 2.24) is 4.98 Å². The van der Waals surface area contributed by atoms with Gasteiger partial charge in [0.15, 0.2) is 0 Å². The third-order valence-electron chi connectivity index (χ3n) is 5.56. The number of carbonyl (C=O) groups excluding carboxylic acids is 1. The van der Waals surface area contributed by atoms with E-state index < -0.39 is 5.41 Å². The lowest BCUT2D eigenvalue weighted by Gasteiger charge is -2.29. The van der Waals surface area contributed by atoms with Crippen LogP contribution in [0.2, 0.25) is 5.02 Å². The van der Waals surface area contributed by atoms with E-state index in [2.05, 4.69) is 10.3 Å². The molecule has 3 aromatic rings. The Hall–Kier alpha value is -2.59. The van der Waals surface area contributed by atoms with Gasteiger partial charge in [-0.05, 0) is 55.7 Å². The summed E-state index contributed by atoms with van der Waals surface area (Å²) in [6, 6.07) is 15.3. The van der Waals surface area contributed by atoms with Crippen molar-refractivity contribution in [2.45, 2.75) is 38.0 Å². The number of hydrogen-bond donors (Lipinski definition) is 1. The molecule has 1 N–H and O–H groups in total. The average molecular weight is 395 g/mol. The Morgan fingerprint density at radius 3 is 2.68 bits per heavy atom. The third kappa shape index (κ3) is 3.22. The molecule has 1 aromatic heterocycles. The molecular formula is C23H23ClN2O2. The molecule has 1 amide bonds. The van der Waals surface area contributed by atoms with Crippen molar-refractivity contribution in [2.75, 3.05) is 11.9 Å². The molecule has 0 atom stereocenters. The molecule has 4 nitrogen and oxygen atoms in total. The highest BCUT2D eigenvalue weighted by Gasteiger charge is 2.44. The molecular weight excluding hydrogens is 372 g/mol. The van der Waals surface area contributed by atoms with Crippen LogP contribution in [-0.4, -0.2) is 17.5 Å². The molecule has 0 aliphatic heterocycles. The number of hydrogen-bond acceptors (Lipinski definition) is 3. The summed E-state index contributed by atoms with van der Waals surface area (Å²) in [6.07, 6.45) is 5.37. The summed E-state index contributed by atoms with van der Waals surface area (Å²) >= 11 is 6.48. The molecule has 0 radical (unpaired) electrons. The summed E-state index contributed by atoms with van der Waals surface area (Å²) in [5.74, 6) is 0.713. The Kier molecular flexibility index (Phi) is 5.23. The molecule has 4 rings (SSSR count). The standard InChI is InChI=1S/C23H23ClN2O2/c1-2-28-20-12-11-19(16-8-7-15-25-21(16)20)26-22(27)23(13-5-6-14-23)17-9-3-4-10-18(17)24/h3-4,7-12,15H,2,5-6,13-14H2,1H3,(H,26,27). The summed E-state index contributed by atoms with van der Waals surface area (Å²) < 4.78 is 5.69. The number of ether oxygens (including phenoxy) is 1. The molecule has 1 heterocycles. The Labute approximate surface area is 169 Å². The first kappa shape index (κ1) is 18.8. The van der Waals surface area contributed by atoms with E-state index in [9.17, 15) is 4.79 Å². The fraction of sp³-hybridized carbons (Fsp3) is 0.304. The Morgan fingerprint density at radius 1 is 1.14 bits per heavy atom. The van der Waals surface area contributed by atoms with Crippen LogP contribution in [0.4, 0.5) is 5.69 Å². The largest absolute Gasteiger partial charge is 0.492 e. The van der Waals surface area contributed by atoms with E-state index in [1.54, 1.807) is 6.20 Å². The van der Waals surface area contributed by atoms with Crippen LogP contribution < -0.4 is 10.1 Å². The first-order valence-corrected chi connectivity index (χ1v) is 10.1. The fourth-order valence-electron chi connectivity index (χ4n) is 4.22. The minimum absolute atomic E-state index is 0.00703. The maximum absolute atomic E-state index is 13.5. The van der Waals surface area contributed by atoms with Crippen molar-refractivity contribution in [3.63, 3.8) is 0 Å². The number of nitrogens with one attached hydrogen (secondary N) is 1. The van der Waals surface area contributed by atoms with E-state index in [4.69, 9.17) is 16.3 Å². The van der Waals surface area contributed by atoms with E-state index in [1.165, 1.54) is 0 Å². The molecule has 144 valence electrons. The number of halogens is 1. The van der Waals surface area contributed by atoms with Gasteiger partial charge in [-0.1, -0.05) is 42.6 Å². The number of benzene rings is 2. The number of carbonyl (C=O) groups is 1. The smallest absolute Gasteiger partial charge is 0.235 e. The lowest BCUT2D eigenvalue weighted by molar-refractivity contribution is -0.121. The summed E-state index contributed by atoms with van der Waals surface area (Å²) in [5, 5.41) is 4.69. The minimum Gasteiger partial charge on any atom is -0.492 e. The van der Waals surface area contributed by atoms with Crippen LogP contribution in [0.15, 0.2) is 54.7 Å². The number of aromatic nitrogens is 1. The second-order valence-corrected chi connectivity index (χ2v) is 7.57. The first-order valence-electron chi connectivity index (χ1n) is 9.73. The van der Waals surface area contributed by atoms with Crippen molar-refractivity contribution in [3.8, 4) is 5.75 Å². The predicted octanol–water partition coefficient (Wildman–Crippen LogP) is 5.74. The topological polar surface area (TPSA) is 51.2 Å². The van der Waals surface area contributed by atoms with Crippen LogP contribution >= 0.6 is 11.6 Å². The normalized spacial score (nSPS) is 15.5. The summed E-state index contributed by atoms with van der Waals surface area (Å²) in [7, 11) is 0. The van der Waals surface area contributed by atoms with Crippen molar-refractivity contribution in [2.24, 2.45) is 0 Å². The van der Waals surface area contributed by atoms with E-state index >= 15 is 0 Å².